The SMILES string of the molecule is CC(C)n1c(/C=C\[C@@H](O)C[C@@H](O)CC(=O)OC(C)(C)C)c(-c2ccc(F)cc2)c2ccccc21. The van der Waals surface area contributed by atoms with E-state index in [9.17, 15) is 19.4 Å². The normalized spacial score (nSPS) is 14.1. The zero-order chi connectivity index (χ0) is 25.0. The topological polar surface area (TPSA) is 71.7 Å². The van der Waals surface area contributed by atoms with Gasteiger partial charge < -0.3 is 19.5 Å². The molecule has 0 unspecified atom stereocenters. The average Bonchev–Trinajstić information content (AvgIpc) is 3.05. The third kappa shape index (κ3) is 6.33. The second-order valence-electron chi connectivity index (χ2n) is 9.85. The summed E-state index contributed by atoms with van der Waals surface area (Å²) in [6.07, 6.45) is 1.29. The molecule has 3 rings (SSSR count). The van der Waals surface area contributed by atoms with Crippen LogP contribution in [0.4, 0.5) is 4.39 Å². The van der Waals surface area contributed by atoms with Crippen molar-refractivity contribution in [2.75, 3.05) is 0 Å². The fraction of sp³-hybridized carbons (Fsp3) is 0.393. The van der Waals surface area contributed by atoms with E-state index < -0.39 is 23.8 Å². The van der Waals surface area contributed by atoms with Crippen molar-refractivity contribution in [3.63, 3.8) is 0 Å². The van der Waals surface area contributed by atoms with Crippen LogP contribution >= 0.6 is 0 Å². The maximum atomic E-state index is 13.6. The summed E-state index contributed by atoms with van der Waals surface area (Å²) in [7, 11) is 0. The number of hydrogen-bond acceptors (Lipinski definition) is 4. The predicted octanol–water partition coefficient (Wildman–Crippen LogP) is 5.89. The lowest BCUT2D eigenvalue weighted by Gasteiger charge is -2.21. The minimum Gasteiger partial charge on any atom is -0.460 e. The maximum absolute atomic E-state index is 13.6. The van der Waals surface area contributed by atoms with Gasteiger partial charge in [-0.3, -0.25) is 4.79 Å². The zero-order valence-electron chi connectivity index (χ0n) is 20.5. The van der Waals surface area contributed by atoms with Gasteiger partial charge >= 0.3 is 5.97 Å². The molecule has 0 saturated heterocycles. The van der Waals surface area contributed by atoms with Crippen LogP contribution in [0.25, 0.3) is 28.1 Å². The van der Waals surface area contributed by atoms with Crippen molar-refractivity contribution < 1.29 is 24.1 Å². The quantitative estimate of drug-likeness (QED) is 0.406. The van der Waals surface area contributed by atoms with Crippen LogP contribution in [0.3, 0.4) is 0 Å². The lowest BCUT2D eigenvalue weighted by atomic mass is 10.0. The second kappa shape index (κ2) is 10.5. The lowest BCUT2D eigenvalue weighted by Crippen LogP contribution is -2.27. The van der Waals surface area contributed by atoms with E-state index in [4.69, 9.17) is 4.74 Å². The van der Waals surface area contributed by atoms with Crippen molar-refractivity contribution in [1.82, 2.24) is 4.57 Å². The summed E-state index contributed by atoms with van der Waals surface area (Å²) in [5.74, 6) is -0.808. The highest BCUT2D eigenvalue weighted by atomic mass is 19.1. The Bertz CT molecular complexity index is 1160. The van der Waals surface area contributed by atoms with Gasteiger partial charge in [-0.1, -0.05) is 36.4 Å². The Morgan fingerprint density at radius 1 is 1.09 bits per heavy atom. The van der Waals surface area contributed by atoms with Crippen LogP contribution in [0.1, 0.15) is 59.2 Å². The molecule has 2 aromatic carbocycles. The minimum atomic E-state index is -1.03. The number of carbonyl (C=O) groups is 1. The van der Waals surface area contributed by atoms with E-state index in [1.54, 1.807) is 39.0 Å². The molecule has 1 heterocycles. The number of carbonyl (C=O) groups excluding carboxylic acids is 1. The van der Waals surface area contributed by atoms with E-state index in [-0.39, 0.29) is 24.7 Å². The molecule has 0 aliphatic heterocycles. The molecule has 5 nitrogen and oxygen atoms in total. The Labute approximate surface area is 200 Å². The third-order valence-electron chi connectivity index (χ3n) is 5.41. The summed E-state index contributed by atoms with van der Waals surface area (Å²) in [6, 6.07) is 14.5. The fourth-order valence-corrected chi connectivity index (χ4v) is 4.14. The number of para-hydroxylation sites is 1. The number of ether oxygens (including phenoxy) is 1. The number of fused-ring (bicyclic) bond motifs is 1. The van der Waals surface area contributed by atoms with Crippen LogP contribution in [0, 0.1) is 5.82 Å². The first kappa shape index (κ1) is 25.7. The van der Waals surface area contributed by atoms with Gasteiger partial charge in [-0.2, -0.15) is 0 Å². The van der Waals surface area contributed by atoms with Crippen LogP contribution in [-0.2, 0) is 9.53 Å². The number of rotatable bonds is 8. The number of aliphatic hydroxyl groups excluding tert-OH is 2. The Morgan fingerprint density at radius 2 is 1.74 bits per heavy atom. The smallest absolute Gasteiger partial charge is 0.308 e. The molecule has 0 aliphatic rings. The van der Waals surface area contributed by atoms with Gasteiger partial charge in [0.25, 0.3) is 0 Å². The average molecular weight is 468 g/mol. The van der Waals surface area contributed by atoms with Crippen molar-refractivity contribution in [2.24, 2.45) is 0 Å². The van der Waals surface area contributed by atoms with Gasteiger partial charge in [-0.15, -0.1) is 0 Å². The minimum absolute atomic E-state index is 0.00350. The summed E-state index contributed by atoms with van der Waals surface area (Å²) in [5.41, 5.74) is 3.11. The van der Waals surface area contributed by atoms with E-state index in [0.717, 1.165) is 27.7 Å². The van der Waals surface area contributed by atoms with Gasteiger partial charge in [-0.05, 0) is 64.5 Å². The third-order valence-corrected chi connectivity index (χ3v) is 5.41. The standard InChI is InChI=1S/C28H34FNO4/c1-18(2)30-24-9-7-6-8-23(24)27(19-10-12-20(29)13-11-19)25(30)15-14-21(31)16-22(32)17-26(33)34-28(3,4)5/h6-15,18,21-22,31-32H,16-17H2,1-5H3/b15-14-/t21-,22-/m1/s1. The van der Waals surface area contributed by atoms with Gasteiger partial charge in [0.2, 0.25) is 0 Å². The largest absolute Gasteiger partial charge is 0.460 e. The van der Waals surface area contributed by atoms with Crippen LogP contribution in [0.15, 0.2) is 54.6 Å². The number of hydrogen-bond donors (Lipinski definition) is 2. The van der Waals surface area contributed by atoms with Crippen LogP contribution < -0.4 is 0 Å². The van der Waals surface area contributed by atoms with E-state index in [0.29, 0.717) is 0 Å². The number of halogens is 1. The molecule has 182 valence electrons. The van der Waals surface area contributed by atoms with Gasteiger partial charge in [-0.25, -0.2) is 4.39 Å². The van der Waals surface area contributed by atoms with Gasteiger partial charge in [0.05, 0.1) is 18.6 Å². The van der Waals surface area contributed by atoms with E-state index in [2.05, 4.69) is 18.4 Å². The molecule has 34 heavy (non-hydrogen) atoms. The fourth-order valence-electron chi connectivity index (χ4n) is 4.14. The first-order chi connectivity index (χ1) is 16.0. The molecule has 6 heteroatoms. The summed E-state index contributed by atoms with van der Waals surface area (Å²) >= 11 is 0. The Hall–Kier alpha value is -2.96. The second-order valence-corrected chi connectivity index (χ2v) is 9.85. The molecular formula is C28H34FNO4. The first-order valence-electron chi connectivity index (χ1n) is 11.6. The summed E-state index contributed by atoms with van der Waals surface area (Å²) < 4.78 is 21.0. The lowest BCUT2D eigenvalue weighted by molar-refractivity contribution is -0.157. The van der Waals surface area contributed by atoms with Crippen LogP contribution in [-0.4, -0.2) is 38.6 Å². The van der Waals surface area contributed by atoms with Gasteiger partial charge in [0.1, 0.15) is 11.4 Å². The van der Waals surface area contributed by atoms with E-state index in [1.807, 2.05) is 30.3 Å². The van der Waals surface area contributed by atoms with E-state index >= 15 is 0 Å². The highest BCUT2D eigenvalue weighted by Crippen LogP contribution is 2.38. The summed E-state index contributed by atoms with van der Waals surface area (Å²) in [5, 5.41) is 21.9. The molecule has 2 atom stereocenters. The summed E-state index contributed by atoms with van der Waals surface area (Å²) in [4.78, 5) is 12.0. The Morgan fingerprint density at radius 3 is 2.35 bits per heavy atom. The van der Waals surface area contributed by atoms with Crippen LogP contribution in [0.2, 0.25) is 0 Å². The predicted molar refractivity (Wildman–Crippen MR) is 134 cm³/mol. The molecule has 1 aromatic heterocycles. The number of aliphatic hydroxyl groups is 2. The molecule has 0 fully saturated rings. The van der Waals surface area contributed by atoms with Crippen molar-refractivity contribution in [3.8, 4) is 11.1 Å². The number of nitrogens with zero attached hydrogens (tertiary/aromatic N) is 1. The van der Waals surface area contributed by atoms with Crippen molar-refractivity contribution >= 4 is 22.9 Å². The first-order valence-corrected chi connectivity index (χ1v) is 11.6. The highest BCUT2D eigenvalue weighted by Gasteiger charge is 2.22. The Balaban J connectivity index is 1.91. The molecule has 3 aromatic rings. The van der Waals surface area contributed by atoms with Gasteiger partial charge in [0.15, 0.2) is 0 Å². The molecule has 0 amide bonds. The number of esters is 1. The molecule has 0 spiro atoms. The van der Waals surface area contributed by atoms with E-state index in [1.165, 1.54) is 12.1 Å². The maximum Gasteiger partial charge on any atom is 0.308 e. The molecule has 0 bridgehead atoms. The molecule has 0 aliphatic carbocycles. The van der Waals surface area contributed by atoms with Crippen LogP contribution in [0.5, 0.6) is 0 Å². The molecular weight excluding hydrogens is 433 g/mol. The Kier molecular flexibility index (Phi) is 7.95. The zero-order valence-corrected chi connectivity index (χ0v) is 20.5. The summed E-state index contributed by atoms with van der Waals surface area (Å²) in [6.45, 7) is 9.46. The number of aromatic nitrogens is 1. The van der Waals surface area contributed by atoms with Crippen molar-refractivity contribution in [1.29, 1.82) is 0 Å². The molecule has 0 radical (unpaired) electrons. The molecule has 0 saturated carbocycles. The van der Waals surface area contributed by atoms with Crippen molar-refractivity contribution in [2.45, 2.75) is 71.3 Å². The van der Waals surface area contributed by atoms with Gasteiger partial charge in [0, 0.05) is 34.6 Å². The monoisotopic (exact) mass is 467 g/mol. The number of benzene rings is 2. The van der Waals surface area contributed by atoms with Crippen molar-refractivity contribution in [3.05, 3.63) is 66.1 Å². The highest BCUT2D eigenvalue weighted by molar-refractivity contribution is 6.01. The molecule has 2 N–H and O–H groups in total.